The highest BCUT2D eigenvalue weighted by Gasteiger charge is 2.62. The van der Waals surface area contributed by atoms with E-state index in [0.29, 0.717) is 0 Å². The lowest BCUT2D eigenvalue weighted by Gasteiger charge is -2.53. The zero-order chi connectivity index (χ0) is 58.7. The lowest BCUT2D eigenvalue weighted by molar-refractivity contribution is 0.195. The number of anilines is 8. The molecule has 0 saturated heterocycles. The summed E-state index contributed by atoms with van der Waals surface area (Å²) in [6, 6.07) is 64.7. The van der Waals surface area contributed by atoms with Gasteiger partial charge >= 0.3 is 0 Å². The summed E-state index contributed by atoms with van der Waals surface area (Å²) in [4.78, 5) is 8.32. The fourth-order valence-electron chi connectivity index (χ4n) is 14.7. The molecule has 1 saturated carbocycles. The summed E-state index contributed by atoms with van der Waals surface area (Å²) in [5.41, 5.74) is 25.7. The first-order valence-corrected chi connectivity index (χ1v) is 31.7. The van der Waals surface area contributed by atoms with Crippen LogP contribution in [0.3, 0.4) is 0 Å². The highest BCUT2D eigenvalue weighted by atomic mass is 32.1. The van der Waals surface area contributed by atoms with Crippen molar-refractivity contribution < 1.29 is 0 Å². The Labute approximate surface area is 501 Å². The van der Waals surface area contributed by atoms with Crippen molar-refractivity contribution in [1.29, 1.82) is 0 Å². The van der Waals surface area contributed by atoms with E-state index in [-0.39, 0.29) is 44.7 Å². The molecule has 5 heteroatoms. The molecule has 1 aliphatic carbocycles. The molecule has 83 heavy (non-hydrogen) atoms. The third-order valence-corrected chi connectivity index (χ3v) is 21.1. The normalized spacial score (nSPS) is 18.5. The topological polar surface area (TPSA) is 9.72 Å². The van der Waals surface area contributed by atoms with Gasteiger partial charge in [-0.2, -0.15) is 0 Å². The first-order chi connectivity index (χ1) is 39.1. The molecule has 4 heterocycles. The van der Waals surface area contributed by atoms with Gasteiger partial charge in [0.2, 0.25) is 0 Å². The summed E-state index contributed by atoms with van der Waals surface area (Å²) < 4.78 is 1.34. The second-order valence-electron chi connectivity index (χ2n) is 30.6. The minimum atomic E-state index is -0.189. The summed E-state index contributed by atoms with van der Waals surface area (Å²) in [6.07, 6.45) is 4.72. The molecule has 9 aromatic rings. The molecule has 2 unspecified atom stereocenters. The Balaban J connectivity index is 1.24. The van der Waals surface area contributed by atoms with Crippen LogP contribution < -0.4 is 31.1 Å². The maximum absolute atomic E-state index is 2.94. The van der Waals surface area contributed by atoms with Crippen LogP contribution in [0.25, 0.3) is 32.3 Å². The van der Waals surface area contributed by atoms with Gasteiger partial charge in [0.1, 0.15) is 0 Å². The molecule has 0 N–H and O–H groups in total. The third kappa shape index (κ3) is 8.78. The van der Waals surface area contributed by atoms with E-state index in [0.717, 1.165) is 29.9 Å². The Kier molecular flexibility index (Phi) is 12.6. The van der Waals surface area contributed by atoms with Gasteiger partial charge in [-0.15, -0.1) is 11.3 Å². The molecule has 3 aliphatic heterocycles. The average molecular weight is 1110 g/mol. The third-order valence-electron chi connectivity index (χ3n) is 20.0. The molecule has 0 bridgehead atoms. The lowest BCUT2D eigenvalue weighted by atomic mass is 9.33. The molecular weight excluding hydrogens is 1020 g/mol. The summed E-state index contributed by atoms with van der Waals surface area (Å²) in [7, 11) is 0. The van der Waals surface area contributed by atoms with Crippen molar-refractivity contribution in [3.8, 4) is 22.3 Å². The molecule has 0 spiro atoms. The predicted octanol–water partition coefficient (Wildman–Crippen LogP) is 20.5. The molecular formula is C78H86BN3S. The van der Waals surface area contributed by atoms with E-state index in [1.165, 1.54) is 117 Å². The summed E-state index contributed by atoms with van der Waals surface area (Å²) in [5, 5.41) is 2.66. The highest BCUT2D eigenvalue weighted by Crippen LogP contribution is 2.64. The number of thiophene rings is 1. The maximum Gasteiger partial charge on any atom is 0.254 e. The van der Waals surface area contributed by atoms with Gasteiger partial charge in [-0.05, 0) is 168 Å². The van der Waals surface area contributed by atoms with Crippen molar-refractivity contribution >= 4 is 89.3 Å². The van der Waals surface area contributed by atoms with E-state index >= 15 is 0 Å². The Hall–Kier alpha value is -6.82. The molecule has 13 rings (SSSR count). The maximum atomic E-state index is 2.94. The van der Waals surface area contributed by atoms with Crippen LogP contribution in [0.15, 0.2) is 164 Å². The number of hydrogen-bond acceptors (Lipinski definition) is 4. The summed E-state index contributed by atoms with van der Waals surface area (Å²) in [6.45, 7) is 40.7. The number of nitrogens with zero attached hydrogens (tertiary/aromatic N) is 3. The molecule has 0 amide bonds. The second kappa shape index (κ2) is 18.8. The van der Waals surface area contributed by atoms with Crippen LogP contribution in [0.5, 0.6) is 0 Å². The van der Waals surface area contributed by atoms with Crippen molar-refractivity contribution in [2.24, 2.45) is 0 Å². The van der Waals surface area contributed by atoms with E-state index in [9.17, 15) is 0 Å². The van der Waals surface area contributed by atoms with Crippen molar-refractivity contribution in [2.45, 2.75) is 181 Å². The van der Waals surface area contributed by atoms with Gasteiger partial charge in [-0.3, -0.25) is 0 Å². The lowest BCUT2D eigenvalue weighted by Crippen LogP contribution is -2.64. The molecule has 1 aromatic heterocycles. The van der Waals surface area contributed by atoms with Crippen LogP contribution in [0.2, 0.25) is 0 Å². The van der Waals surface area contributed by atoms with E-state index in [2.05, 4.69) is 296 Å². The zero-order valence-corrected chi connectivity index (χ0v) is 53.6. The molecule has 2 atom stereocenters. The molecule has 8 aromatic carbocycles. The van der Waals surface area contributed by atoms with Crippen molar-refractivity contribution in [3.63, 3.8) is 0 Å². The van der Waals surface area contributed by atoms with E-state index < -0.39 is 0 Å². The van der Waals surface area contributed by atoms with Gasteiger partial charge < -0.3 is 14.7 Å². The molecule has 0 radical (unpaired) electrons. The van der Waals surface area contributed by atoms with Crippen LogP contribution in [-0.4, -0.2) is 12.3 Å². The van der Waals surface area contributed by atoms with Gasteiger partial charge in [0.25, 0.3) is 6.71 Å². The molecule has 4 aliphatic rings. The van der Waals surface area contributed by atoms with Gasteiger partial charge in [0.15, 0.2) is 0 Å². The minimum absolute atomic E-state index is 0.00405. The van der Waals surface area contributed by atoms with Crippen LogP contribution in [0.4, 0.5) is 44.8 Å². The quantitative estimate of drug-likeness (QED) is 0.154. The Bertz CT molecular complexity index is 3900. The van der Waals surface area contributed by atoms with Crippen molar-refractivity contribution in [3.05, 3.63) is 197 Å². The van der Waals surface area contributed by atoms with Gasteiger partial charge in [0.05, 0.1) is 21.9 Å². The van der Waals surface area contributed by atoms with E-state index in [4.69, 9.17) is 0 Å². The Morgan fingerprint density at radius 1 is 0.446 bits per heavy atom. The largest absolute Gasteiger partial charge is 0.335 e. The summed E-state index contributed by atoms with van der Waals surface area (Å²) >= 11 is 2.00. The zero-order valence-electron chi connectivity index (χ0n) is 52.7. The average Bonchev–Trinajstić information content (AvgIpc) is 1.59. The fourth-order valence-corrected chi connectivity index (χ4v) is 16.0. The van der Waals surface area contributed by atoms with E-state index in [1.807, 2.05) is 11.3 Å². The molecule has 1 fully saturated rings. The smallest absolute Gasteiger partial charge is 0.254 e. The number of fused-ring (bicyclic) bond motifs is 9. The molecule has 422 valence electrons. The van der Waals surface area contributed by atoms with Gasteiger partial charge in [-0.1, -0.05) is 233 Å². The van der Waals surface area contributed by atoms with Gasteiger partial charge in [0, 0.05) is 49.7 Å². The number of benzene rings is 8. The van der Waals surface area contributed by atoms with E-state index in [1.54, 1.807) is 5.56 Å². The number of rotatable bonds is 6. The predicted molar refractivity (Wildman–Crippen MR) is 363 cm³/mol. The van der Waals surface area contributed by atoms with Crippen LogP contribution in [-0.2, 0) is 32.5 Å². The standard InChI is InChI=1S/C78H86BN3S/c1-72(2,3)51-30-35-56(36-31-51)80(57-37-32-52(33-38-57)73(4,5)6)58-47-64-68-65(48-58)82-70-62(77(16)40-24-25-41-78(77,82)17)44-55(76(13,14)15)45-63(70)79(68)67-59-39-34-53(74(7,8)9)46-66(59)83-71(67)81(64)69-60(49-26-20-18-21-27-49)42-54(75(10,11)12)43-61(69)50-28-22-19-23-29-50/h18-23,26-39,42-48H,24-25,40-41H2,1-17H3. The number of hydrogen-bond donors (Lipinski definition) is 0. The highest BCUT2D eigenvalue weighted by molar-refractivity contribution is 7.26. The van der Waals surface area contributed by atoms with Crippen LogP contribution >= 0.6 is 11.3 Å². The van der Waals surface area contributed by atoms with Crippen molar-refractivity contribution in [1.82, 2.24) is 0 Å². The Morgan fingerprint density at radius 3 is 1.45 bits per heavy atom. The first kappa shape index (κ1) is 55.4. The first-order valence-electron chi connectivity index (χ1n) is 30.9. The summed E-state index contributed by atoms with van der Waals surface area (Å²) in [5.74, 6) is 0. The second-order valence-corrected chi connectivity index (χ2v) is 31.7. The monoisotopic (exact) mass is 1110 g/mol. The van der Waals surface area contributed by atoms with Crippen LogP contribution in [0.1, 0.15) is 177 Å². The van der Waals surface area contributed by atoms with Crippen LogP contribution in [0, 0.1) is 0 Å². The fraction of sp³-hybridized carbons (Fsp3) is 0.359. The minimum Gasteiger partial charge on any atom is -0.335 e. The SMILES string of the molecule is CC(C)(C)c1ccc(N(c2ccc(C(C)(C)C)cc2)c2cc3c4c(c2)N2c5c(cc(C(C)(C)C)cc5C5(C)CCCCC25C)B4c2c(sc4cc(C(C)(C)C)ccc24)N3c2c(-c3ccccc3)cc(C(C)(C)C)cc2-c2ccccc2)cc1. The Morgan fingerprint density at radius 2 is 0.928 bits per heavy atom. The van der Waals surface area contributed by atoms with Gasteiger partial charge in [-0.25, -0.2) is 0 Å². The van der Waals surface area contributed by atoms with Crippen molar-refractivity contribution in [2.75, 3.05) is 14.7 Å². The molecule has 3 nitrogen and oxygen atoms in total.